The average Bonchev–Trinajstić information content (AvgIpc) is 3.21. The summed E-state index contributed by atoms with van der Waals surface area (Å²) in [5, 5.41) is 5.96. The van der Waals surface area contributed by atoms with Gasteiger partial charge in [0, 0.05) is 11.3 Å². The van der Waals surface area contributed by atoms with Crippen LogP contribution in [0.3, 0.4) is 0 Å². The van der Waals surface area contributed by atoms with Crippen molar-refractivity contribution in [2.24, 2.45) is 0 Å². The Morgan fingerprint density at radius 1 is 0.757 bits per heavy atom. The summed E-state index contributed by atoms with van der Waals surface area (Å²) in [6.07, 6.45) is -0.356. The number of carbonyl (C=O) groups is 3. The SMILES string of the molecule is Cc1ccc(NC(=O)c2sc(NC(=O)c3ccc(-c4ccccc4)cc3)c(C(=O)OC(C)C)c2C)cc1. The summed E-state index contributed by atoms with van der Waals surface area (Å²) in [5.74, 6) is -1.34. The van der Waals surface area contributed by atoms with Crippen LogP contribution in [0.1, 0.15) is 55.4 Å². The Morgan fingerprint density at radius 2 is 1.38 bits per heavy atom. The lowest BCUT2D eigenvalue weighted by atomic mass is 10.0. The summed E-state index contributed by atoms with van der Waals surface area (Å²) >= 11 is 1.05. The van der Waals surface area contributed by atoms with Crippen LogP contribution in [0.15, 0.2) is 78.9 Å². The van der Waals surface area contributed by atoms with Gasteiger partial charge in [0.05, 0.1) is 16.5 Å². The molecule has 6 nitrogen and oxygen atoms in total. The topological polar surface area (TPSA) is 84.5 Å². The highest BCUT2D eigenvalue weighted by Gasteiger charge is 2.27. The van der Waals surface area contributed by atoms with E-state index in [-0.39, 0.29) is 28.5 Å². The van der Waals surface area contributed by atoms with E-state index in [1.165, 1.54) is 0 Å². The molecule has 0 aliphatic rings. The van der Waals surface area contributed by atoms with Crippen molar-refractivity contribution in [1.29, 1.82) is 0 Å². The molecule has 0 saturated carbocycles. The van der Waals surface area contributed by atoms with Gasteiger partial charge >= 0.3 is 5.97 Å². The van der Waals surface area contributed by atoms with E-state index < -0.39 is 5.97 Å². The Hall–Kier alpha value is -4.23. The van der Waals surface area contributed by atoms with E-state index in [2.05, 4.69) is 10.6 Å². The van der Waals surface area contributed by atoms with Gasteiger partial charge in [0.1, 0.15) is 5.00 Å². The highest BCUT2D eigenvalue weighted by atomic mass is 32.1. The first-order valence-electron chi connectivity index (χ1n) is 11.9. The van der Waals surface area contributed by atoms with Gasteiger partial charge in [-0.3, -0.25) is 9.59 Å². The van der Waals surface area contributed by atoms with Crippen molar-refractivity contribution < 1.29 is 19.1 Å². The molecule has 0 aliphatic heterocycles. The number of thiophene rings is 1. The maximum absolute atomic E-state index is 13.1. The van der Waals surface area contributed by atoms with Gasteiger partial charge < -0.3 is 15.4 Å². The van der Waals surface area contributed by atoms with E-state index in [1.807, 2.05) is 73.7 Å². The van der Waals surface area contributed by atoms with Crippen molar-refractivity contribution in [3.8, 4) is 11.1 Å². The molecule has 37 heavy (non-hydrogen) atoms. The number of amides is 2. The number of aryl methyl sites for hydroxylation is 1. The maximum Gasteiger partial charge on any atom is 0.341 e. The summed E-state index contributed by atoms with van der Waals surface area (Å²) in [5.41, 5.74) is 4.81. The van der Waals surface area contributed by atoms with Gasteiger partial charge in [-0.05, 0) is 68.7 Å². The molecule has 4 aromatic rings. The molecule has 0 spiro atoms. The van der Waals surface area contributed by atoms with Crippen molar-refractivity contribution in [2.45, 2.75) is 33.8 Å². The summed E-state index contributed by atoms with van der Waals surface area (Å²) in [6.45, 7) is 7.14. The van der Waals surface area contributed by atoms with Crippen molar-refractivity contribution in [3.63, 3.8) is 0 Å². The molecule has 1 heterocycles. The third kappa shape index (κ3) is 6.13. The molecule has 0 saturated heterocycles. The molecular weight excluding hydrogens is 484 g/mol. The number of benzene rings is 3. The van der Waals surface area contributed by atoms with Crippen LogP contribution in [0.2, 0.25) is 0 Å². The van der Waals surface area contributed by atoms with Gasteiger partial charge in [-0.1, -0.05) is 60.2 Å². The van der Waals surface area contributed by atoms with E-state index >= 15 is 0 Å². The van der Waals surface area contributed by atoms with Crippen LogP contribution in [-0.4, -0.2) is 23.9 Å². The Kier molecular flexibility index (Phi) is 7.84. The van der Waals surface area contributed by atoms with E-state index in [0.29, 0.717) is 21.7 Å². The average molecular weight is 513 g/mol. The summed E-state index contributed by atoms with van der Waals surface area (Å²) in [6, 6.07) is 24.5. The second kappa shape index (κ2) is 11.2. The van der Waals surface area contributed by atoms with Gasteiger partial charge in [-0.2, -0.15) is 0 Å². The molecule has 1 aromatic heterocycles. The molecule has 2 N–H and O–H groups in total. The van der Waals surface area contributed by atoms with Gasteiger partial charge in [-0.25, -0.2) is 4.79 Å². The standard InChI is InChI=1S/C30H28N2O4S/c1-18(2)36-30(35)25-20(4)26(28(34)31-24-16-10-19(3)11-17-24)37-29(25)32-27(33)23-14-12-22(13-15-23)21-8-6-5-7-9-21/h5-18H,1-4H3,(H,31,34)(H,32,33). The summed E-state index contributed by atoms with van der Waals surface area (Å²) in [4.78, 5) is 39.5. The Balaban J connectivity index is 1.61. The molecule has 0 aliphatic carbocycles. The Morgan fingerprint density at radius 3 is 2.00 bits per heavy atom. The number of esters is 1. The maximum atomic E-state index is 13.1. The van der Waals surface area contributed by atoms with E-state index in [9.17, 15) is 14.4 Å². The third-order valence-corrected chi connectivity index (χ3v) is 6.90. The number of ether oxygens (including phenoxy) is 1. The normalized spacial score (nSPS) is 10.7. The molecular formula is C30H28N2O4S. The van der Waals surface area contributed by atoms with Gasteiger partial charge in [0.15, 0.2) is 0 Å². The van der Waals surface area contributed by atoms with Crippen LogP contribution in [0.5, 0.6) is 0 Å². The van der Waals surface area contributed by atoms with Crippen molar-refractivity contribution in [2.75, 3.05) is 10.6 Å². The number of hydrogen-bond donors (Lipinski definition) is 2. The monoisotopic (exact) mass is 512 g/mol. The number of carbonyl (C=O) groups excluding carboxylic acids is 3. The molecule has 0 bridgehead atoms. The zero-order chi connectivity index (χ0) is 26.5. The van der Waals surface area contributed by atoms with Gasteiger partial charge in [-0.15, -0.1) is 11.3 Å². The first-order valence-corrected chi connectivity index (χ1v) is 12.7. The summed E-state index contributed by atoms with van der Waals surface area (Å²) < 4.78 is 5.42. The minimum Gasteiger partial charge on any atom is -0.459 e. The molecule has 7 heteroatoms. The van der Waals surface area contributed by atoms with Crippen LogP contribution in [0, 0.1) is 13.8 Å². The largest absolute Gasteiger partial charge is 0.459 e. The molecule has 4 rings (SSSR count). The molecule has 0 fully saturated rings. The molecule has 188 valence electrons. The second-order valence-corrected chi connectivity index (χ2v) is 9.95. The predicted octanol–water partition coefficient (Wildman–Crippen LogP) is 7.10. The fourth-order valence-corrected chi connectivity index (χ4v) is 4.87. The zero-order valence-electron chi connectivity index (χ0n) is 21.1. The Bertz CT molecular complexity index is 1420. The highest BCUT2D eigenvalue weighted by molar-refractivity contribution is 7.19. The number of hydrogen-bond acceptors (Lipinski definition) is 5. The van der Waals surface area contributed by atoms with Crippen LogP contribution in [-0.2, 0) is 4.74 Å². The van der Waals surface area contributed by atoms with Gasteiger partial charge in [0.2, 0.25) is 0 Å². The molecule has 2 amide bonds. The van der Waals surface area contributed by atoms with Crippen LogP contribution in [0.4, 0.5) is 10.7 Å². The third-order valence-electron chi connectivity index (χ3n) is 5.69. The summed E-state index contributed by atoms with van der Waals surface area (Å²) in [7, 11) is 0. The van der Waals surface area contributed by atoms with Crippen molar-refractivity contribution in [3.05, 3.63) is 106 Å². The van der Waals surface area contributed by atoms with Crippen LogP contribution in [0.25, 0.3) is 11.1 Å². The second-order valence-electron chi connectivity index (χ2n) is 8.93. The number of anilines is 2. The lowest BCUT2D eigenvalue weighted by Gasteiger charge is -2.11. The van der Waals surface area contributed by atoms with Crippen molar-refractivity contribution in [1.82, 2.24) is 0 Å². The smallest absolute Gasteiger partial charge is 0.341 e. The minimum absolute atomic E-state index is 0.182. The predicted molar refractivity (Wildman–Crippen MR) is 149 cm³/mol. The quantitative estimate of drug-likeness (QED) is 0.259. The van der Waals surface area contributed by atoms with E-state index in [0.717, 1.165) is 28.0 Å². The number of rotatable bonds is 7. The lowest BCUT2D eigenvalue weighted by molar-refractivity contribution is 0.0379. The fraction of sp³-hybridized carbons (Fsp3) is 0.167. The lowest BCUT2D eigenvalue weighted by Crippen LogP contribution is -2.17. The zero-order valence-corrected chi connectivity index (χ0v) is 21.9. The first-order chi connectivity index (χ1) is 17.7. The van der Waals surface area contributed by atoms with Crippen LogP contribution >= 0.6 is 11.3 Å². The Labute approximate surface area is 220 Å². The molecule has 3 aromatic carbocycles. The molecule has 0 atom stereocenters. The van der Waals surface area contributed by atoms with E-state index in [4.69, 9.17) is 4.74 Å². The highest BCUT2D eigenvalue weighted by Crippen LogP contribution is 2.35. The fourth-order valence-electron chi connectivity index (χ4n) is 3.78. The number of nitrogens with one attached hydrogen (secondary N) is 2. The van der Waals surface area contributed by atoms with Gasteiger partial charge in [0.25, 0.3) is 11.8 Å². The minimum atomic E-state index is -0.590. The first kappa shape index (κ1) is 25.9. The van der Waals surface area contributed by atoms with Crippen LogP contribution < -0.4 is 10.6 Å². The van der Waals surface area contributed by atoms with E-state index in [1.54, 1.807) is 32.9 Å². The molecule has 0 radical (unpaired) electrons. The molecule has 0 unspecified atom stereocenters. The van der Waals surface area contributed by atoms with Crippen molar-refractivity contribution >= 4 is 39.8 Å².